The average molecular weight is 150 g/mol. The third kappa shape index (κ3) is 1.11. The molecule has 0 unspecified atom stereocenters. The van der Waals surface area contributed by atoms with E-state index >= 15 is 0 Å². The SMILES string of the molecule is CNCC1=C2CCCC2=NC1. The molecular weight excluding hydrogens is 136 g/mol. The van der Waals surface area contributed by atoms with Crippen LogP contribution in [0, 0.1) is 0 Å². The molecule has 2 nitrogen and oxygen atoms in total. The zero-order valence-electron chi connectivity index (χ0n) is 6.98. The Balaban J connectivity index is 2.17. The number of rotatable bonds is 2. The largest absolute Gasteiger partial charge is 0.316 e. The van der Waals surface area contributed by atoms with Crippen LogP contribution in [0.4, 0.5) is 0 Å². The monoisotopic (exact) mass is 150 g/mol. The van der Waals surface area contributed by atoms with Gasteiger partial charge in [0.15, 0.2) is 0 Å². The zero-order valence-corrected chi connectivity index (χ0v) is 6.98. The molecule has 1 aliphatic carbocycles. The summed E-state index contributed by atoms with van der Waals surface area (Å²) in [5.41, 5.74) is 4.50. The lowest BCUT2D eigenvalue weighted by molar-refractivity contribution is 0.842. The van der Waals surface area contributed by atoms with Crippen molar-refractivity contribution in [3.8, 4) is 0 Å². The molecule has 1 aliphatic heterocycles. The molecule has 1 saturated carbocycles. The summed E-state index contributed by atoms with van der Waals surface area (Å²) >= 11 is 0. The first-order valence-corrected chi connectivity index (χ1v) is 4.31. The molecule has 0 spiro atoms. The first-order valence-electron chi connectivity index (χ1n) is 4.31. The van der Waals surface area contributed by atoms with E-state index in [1.54, 1.807) is 5.57 Å². The molecule has 0 atom stereocenters. The normalized spacial score (nSPS) is 22.5. The summed E-state index contributed by atoms with van der Waals surface area (Å²) in [5, 5.41) is 3.19. The Morgan fingerprint density at radius 3 is 3.18 bits per heavy atom. The second kappa shape index (κ2) is 2.78. The highest BCUT2D eigenvalue weighted by Crippen LogP contribution is 2.29. The summed E-state index contributed by atoms with van der Waals surface area (Å²) in [6.45, 7) is 1.99. The maximum Gasteiger partial charge on any atom is 0.0621 e. The highest BCUT2D eigenvalue weighted by Gasteiger charge is 2.22. The lowest BCUT2D eigenvalue weighted by Gasteiger charge is -2.01. The molecule has 11 heavy (non-hydrogen) atoms. The Hall–Kier alpha value is -0.630. The molecule has 0 radical (unpaired) electrons. The summed E-state index contributed by atoms with van der Waals surface area (Å²) in [5.74, 6) is 0. The number of nitrogens with one attached hydrogen (secondary N) is 1. The molecule has 60 valence electrons. The van der Waals surface area contributed by atoms with E-state index in [-0.39, 0.29) is 0 Å². The van der Waals surface area contributed by atoms with Gasteiger partial charge in [-0.15, -0.1) is 0 Å². The number of nitrogens with zero attached hydrogens (tertiary/aromatic N) is 1. The van der Waals surface area contributed by atoms with E-state index in [2.05, 4.69) is 10.3 Å². The minimum absolute atomic E-state index is 0.964. The maximum absolute atomic E-state index is 4.50. The summed E-state index contributed by atoms with van der Waals surface area (Å²) in [4.78, 5) is 4.50. The van der Waals surface area contributed by atoms with E-state index in [0.29, 0.717) is 0 Å². The van der Waals surface area contributed by atoms with Gasteiger partial charge in [0.1, 0.15) is 0 Å². The standard InChI is InChI=1S/C9H14N2/c1-10-5-7-6-11-9-4-2-3-8(7)9/h10H,2-6H2,1H3. The number of aliphatic imine (C=N–C) groups is 1. The van der Waals surface area contributed by atoms with E-state index < -0.39 is 0 Å². The number of hydrogen-bond acceptors (Lipinski definition) is 2. The van der Waals surface area contributed by atoms with Gasteiger partial charge in [0.25, 0.3) is 0 Å². The Bertz CT molecular complexity index is 226. The van der Waals surface area contributed by atoms with Crippen LogP contribution < -0.4 is 5.32 Å². The van der Waals surface area contributed by atoms with Gasteiger partial charge >= 0.3 is 0 Å². The Labute approximate surface area is 67.4 Å². The number of fused-ring (bicyclic) bond motifs is 1. The molecule has 2 rings (SSSR count). The first kappa shape index (κ1) is 7.04. The van der Waals surface area contributed by atoms with Crippen LogP contribution in [0.3, 0.4) is 0 Å². The van der Waals surface area contributed by atoms with Crippen molar-refractivity contribution in [1.29, 1.82) is 0 Å². The molecular formula is C9H14N2. The van der Waals surface area contributed by atoms with Crippen molar-refractivity contribution >= 4 is 5.71 Å². The van der Waals surface area contributed by atoms with Crippen molar-refractivity contribution in [2.75, 3.05) is 20.1 Å². The van der Waals surface area contributed by atoms with Crippen LogP contribution in [0.15, 0.2) is 16.1 Å². The fourth-order valence-electron chi connectivity index (χ4n) is 1.95. The molecule has 0 aromatic heterocycles. The van der Waals surface area contributed by atoms with Crippen molar-refractivity contribution in [1.82, 2.24) is 5.32 Å². The Kier molecular flexibility index (Phi) is 1.78. The van der Waals surface area contributed by atoms with E-state index in [1.807, 2.05) is 7.05 Å². The Morgan fingerprint density at radius 2 is 2.36 bits per heavy atom. The van der Waals surface area contributed by atoms with E-state index in [9.17, 15) is 0 Å². The molecule has 1 N–H and O–H groups in total. The van der Waals surface area contributed by atoms with Gasteiger partial charge in [-0.25, -0.2) is 0 Å². The quantitative estimate of drug-likeness (QED) is 0.627. The van der Waals surface area contributed by atoms with Crippen molar-refractivity contribution in [2.45, 2.75) is 19.3 Å². The molecule has 2 heteroatoms. The lowest BCUT2D eigenvalue weighted by Crippen LogP contribution is -2.12. The summed E-state index contributed by atoms with van der Waals surface area (Å²) in [6, 6.07) is 0. The minimum atomic E-state index is 0.964. The lowest BCUT2D eigenvalue weighted by atomic mass is 10.1. The minimum Gasteiger partial charge on any atom is -0.316 e. The van der Waals surface area contributed by atoms with Crippen LogP contribution in [-0.2, 0) is 0 Å². The van der Waals surface area contributed by atoms with Crippen LogP contribution in [0.1, 0.15) is 19.3 Å². The smallest absolute Gasteiger partial charge is 0.0621 e. The highest BCUT2D eigenvalue weighted by atomic mass is 14.9. The fraction of sp³-hybridized carbons (Fsp3) is 0.667. The summed E-state index contributed by atoms with van der Waals surface area (Å²) < 4.78 is 0. The fourth-order valence-corrected chi connectivity index (χ4v) is 1.95. The maximum atomic E-state index is 4.50. The molecule has 1 heterocycles. The van der Waals surface area contributed by atoms with Gasteiger partial charge in [-0.05, 0) is 37.5 Å². The molecule has 0 saturated heterocycles. The molecule has 1 fully saturated rings. The van der Waals surface area contributed by atoms with Gasteiger partial charge in [0.05, 0.1) is 6.54 Å². The molecule has 0 aromatic carbocycles. The third-order valence-electron chi connectivity index (χ3n) is 2.47. The van der Waals surface area contributed by atoms with Gasteiger partial charge in [-0.1, -0.05) is 0 Å². The predicted molar refractivity (Wildman–Crippen MR) is 47.1 cm³/mol. The van der Waals surface area contributed by atoms with Crippen LogP contribution in [-0.4, -0.2) is 25.8 Å². The van der Waals surface area contributed by atoms with Crippen LogP contribution in [0.5, 0.6) is 0 Å². The zero-order chi connectivity index (χ0) is 7.68. The topological polar surface area (TPSA) is 24.4 Å². The van der Waals surface area contributed by atoms with Crippen LogP contribution in [0.2, 0.25) is 0 Å². The van der Waals surface area contributed by atoms with Crippen molar-refractivity contribution in [3.63, 3.8) is 0 Å². The third-order valence-corrected chi connectivity index (χ3v) is 2.47. The summed E-state index contributed by atoms with van der Waals surface area (Å²) in [6.07, 6.45) is 3.82. The molecule has 0 bridgehead atoms. The second-order valence-corrected chi connectivity index (χ2v) is 3.23. The first-order chi connectivity index (χ1) is 5.42. The number of allylic oxidation sites excluding steroid dienone is 1. The van der Waals surface area contributed by atoms with Gasteiger partial charge in [-0.3, -0.25) is 4.99 Å². The van der Waals surface area contributed by atoms with Gasteiger partial charge < -0.3 is 5.32 Å². The predicted octanol–water partition coefficient (Wildman–Crippen LogP) is 1.14. The average Bonchev–Trinajstić information content (AvgIpc) is 2.53. The van der Waals surface area contributed by atoms with E-state index in [4.69, 9.17) is 0 Å². The number of hydrogen-bond donors (Lipinski definition) is 1. The van der Waals surface area contributed by atoms with E-state index in [1.165, 1.54) is 30.5 Å². The van der Waals surface area contributed by atoms with Crippen molar-refractivity contribution in [2.24, 2.45) is 4.99 Å². The number of likely N-dealkylation sites (N-methyl/N-ethyl adjacent to an activating group) is 1. The van der Waals surface area contributed by atoms with Crippen LogP contribution >= 0.6 is 0 Å². The van der Waals surface area contributed by atoms with Gasteiger partial charge in [0.2, 0.25) is 0 Å². The Morgan fingerprint density at radius 1 is 1.45 bits per heavy atom. The molecule has 0 aromatic rings. The molecule has 2 aliphatic rings. The van der Waals surface area contributed by atoms with Crippen molar-refractivity contribution < 1.29 is 0 Å². The van der Waals surface area contributed by atoms with Gasteiger partial charge in [0, 0.05) is 12.3 Å². The highest BCUT2D eigenvalue weighted by molar-refractivity contribution is 6.04. The van der Waals surface area contributed by atoms with Crippen LogP contribution in [0.25, 0.3) is 0 Å². The second-order valence-electron chi connectivity index (χ2n) is 3.23. The molecule has 0 amide bonds. The van der Waals surface area contributed by atoms with Gasteiger partial charge in [-0.2, -0.15) is 0 Å². The summed E-state index contributed by atoms with van der Waals surface area (Å²) in [7, 11) is 2.00. The van der Waals surface area contributed by atoms with E-state index in [0.717, 1.165) is 13.1 Å². The van der Waals surface area contributed by atoms with Crippen molar-refractivity contribution in [3.05, 3.63) is 11.1 Å².